The first-order valence-corrected chi connectivity index (χ1v) is 10.2. The standard InChI is InChI=1S/C18H16F3N3O5S/c19-18(20,21)30(28,29)16-4-2-1-3-15(16)22-9-11-23(12-10-22)17(25)13-5-7-14(8-6-13)24(26)27/h1-8H,9-12H2. The fourth-order valence-electron chi connectivity index (χ4n) is 3.13. The van der Waals surface area contributed by atoms with Crippen molar-refractivity contribution < 1.29 is 31.3 Å². The van der Waals surface area contributed by atoms with Gasteiger partial charge in [0.1, 0.15) is 0 Å². The highest BCUT2D eigenvalue weighted by Gasteiger charge is 2.48. The van der Waals surface area contributed by atoms with E-state index in [4.69, 9.17) is 0 Å². The Morgan fingerprint density at radius 1 is 0.967 bits per heavy atom. The van der Waals surface area contributed by atoms with Crippen LogP contribution in [0.25, 0.3) is 0 Å². The minimum atomic E-state index is -5.52. The highest BCUT2D eigenvalue weighted by Crippen LogP contribution is 2.36. The summed E-state index contributed by atoms with van der Waals surface area (Å²) in [4.78, 5) is 24.8. The quantitative estimate of drug-likeness (QED) is 0.532. The van der Waals surface area contributed by atoms with Crippen molar-refractivity contribution in [3.05, 3.63) is 64.2 Å². The lowest BCUT2D eigenvalue weighted by Crippen LogP contribution is -2.49. The molecule has 2 aromatic rings. The third kappa shape index (κ3) is 4.08. The fraction of sp³-hybridized carbons (Fsp3) is 0.278. The zero-order valence-corrected chi connectivity index (χ0v) is 16.2. The molecule has 1 saturated heterocycles. The van der Waals surface area contributed by atoms with Gasteiger partial charge in [-0.05, 0) is 24.3 Å². The number of nitrogens with zero attached hydrogens (tertiary/aromatic N) is 3. The number of carbonyl (C=O) groups is 1. The van der Waals surface area contributed by atoms with E-state index in [2.05, 4.69) is 0 Å². The molecule has 8 nitrogen and oxygen atoms in total. The lowest BCUT2D eigenvalue weighted by Gasteiger charge is -2.37. The number of nitro groups is 1. The van der Waals surface area contributed by atoms with Gasteiger partial charge in [-0.1, -0.05) is 12.1 Å². The number of anilines is 1. The number of piperazine rings is 1. The Hall–Kier alpha value is -3.15. The summed E-state index contributed by atoms with van der Waals surface area (Å²) in [6, 6.07) is 9.95. The van der Waals surface area contributed by atoms with E-state index >= 15 is 0 Å². The van der Waals surface area contributed by atoms with Gasteiger partial charge < -0.3 is 9.80 Å². The lowest BCUT2D eigenvalue weighted by atomic mass is 10.1. The first kappa shape index (κ1) is 21.6. The average molecular weight is 443 g/mol. The summed E-state index contributed by atoms with van der Waals surface area (Å²) in [5.41, 5.74) is -5.40. The highest BCUT2D eigenvalue weighted by atomic mass is 32.2. The van der Waals surface area contributed by atoms with Crippen LogP contribution in [0.2, 0.25) is 0 Å². The second kappa shape index (κ2) is 7.94. The molecule has 160 valence electrons. The van der Waals surface area contributed by atoms with E-state index in [1.807, 2.05) is 0 Å². The molecule has 0 radical (unpaired) electrons. The van der Waals surface area contributed by atoms with E-state index < -0.39 is 25.2 Å². The van der Waals surface area contributed by atoms with Gasteiger partial charge in [-0.25, -0.2) is 8.42 Å². The SMILES string of the molecule is O=C(c1ccc([N+](=O)[O-])cc1)N1CCN(c2ccccc2S(=O)(=O)C(F)(F)F)CC1. The van der Waals surface area contributed by atoms with Gasteiger partial charge in [0.05, 0.1) is 15.5 Å². The predicted octanol–water partition coefficient (Wildman–Crippen LogP) is 2.85. The van der Waals surface area contributed by atoms with Crippen LogP contribution in [-0.2, 0) is 9.84 Å². The van der Waals surface area contributed by atoms with Crippen LogP contribution in [0, 0.1) is 10.1 Å². The molecule has 0 unspecified atom stereocenters. The fourth-order valence-corrected chi connectivity index (χ4v) is 4.11. The van der Waals surface area contributed by atoms with Crippen LogP contribution in [0.1, 0.15) is 10.4 Å². The zero-order chi connectivity index (χ0) is 22.1. The monoisotopic (exact) mass is 443 g/mol. The molecule has 1 aliphatic rings. The average Bonchev–Trinajstić information content (AvgIpc) is 2.72. The van der Waals surface area contributed by atoms with Crippen LogP contribution in [0.4, 0.5) is 24.5 Å². The number of amides is 1. The minimum Gasteiger partial charge on any atom is -0.367 e. The summed E-state index contributed by atoms with van der Waals surface area (Å²) >= 11 is 0. The van der Waals surface area contributed by atoms with Gasteiger partial charge in [0, 0.05) is 43.9 Å². The summed E-state index contributed by atoms with van der Waals surface area (Å²) in [7, 11) is -5.52. The smallest absolute Gasteiger partial charge is 0.367 e. The number of nitro benzene ring substituents is 1. The van der Waals surface area contributed by atoms with E-state index in [0.717, 1.165) is 6.07 Å². The van der Waals surface area contributed by atoms with Crippen LogP contribution in [0.15, 0.2) is 53.4 Å². The Bertz CT molecular complexity index is 1060. The number of non-ortho nitro benzene ring substituents is 1. The first-order valence-electron chi connectivity index (χ1n) is 8.71. The maximum absolute atomic E-state index is 13.0. The predicted molar refractivity (Wildman–Crippen MR) is 101 cm³/mol. The van der Waals surface area contributed by atoms with Gasteiger partial charge in [-0.15, -0.1) is 0 Å². The van der Waals surface area contributed by atoms with Crippen LogP contribution < -0.4 is 4.90 Å². The maximum Gasteiger partial charge on any atom is 0.501 e. The molecular weight excluding hydrogens is 427 g/mol. The van der Waals surface area contributed by atoms with Gasteiger partial charge in [-0.2, -0.15) is 13.2 Å². The van der Waals surface area contributed by atoms with Crippen molar-refractivity contribution in [1.29, 1.82) is 0 Å². The molecule has 1 heterocycles. The molecule has 0 spiro atoms. The number of halogens is 3. The first-order chi connectivity index (χ1) is 14.0. The number of benzene rings is 2. The number of para-hydroxylation sites is 1. The maximum atomic E-state index is 13.0. The molecule has 1 amide bonds. The van der Waals surface area contributed by atoms with Crippen LogP contribution in [0.5, 0.6) is 0 Å². The van der Waals surface area contributed by atoms with Crippen molar-refractivity contribution in [3.8, 4) is 0 Å². The van der Waals surface area contributed by atoms with Gasteiger partial charge in [-0.3, -0.25) is 14.9 Å². The van der Waals surface area contributed by atoms with E-state index in [-0.39, 0.29) is 49.0 Å². The number of sulfone groups is 1. The molecule has 3 rings (SSSR count). The largest absolute Gasteiger partial charge is 0.501 e. The third-order valence-electron chi connectivity index (χ3n) is 4.69. The number of hydrogen-bond donors (Lipinski definition) is 0. The molecule has 12 heteroatoms. The highest BCUT2D eigenvalue weighted by molar-refractivity contribution is 7.92. The molecular formula is C18H16F3N3O5S. The molecule has 0 aromatic heterocycles. The number of alkyl halides is 3. The van der Waals surface area contributed by atoms with E-state index in [1.165, 1.54) is 52.3 Å². The normalized spacial score (nSPS) is 15.2. The Balaban J connectivity index is 1.75. The molecule has 30 heavy (non-hydrogen) atoms. The zero-order valence-electron chi connectivity index (χ0n) is 15.4. The molecule has 1 fully saturated rings. The minimum absolute atomic E-state index is 0.0720. The summed E-state index contributed by atoms with van der Waals surface area (Å²) in [5, 5.41) is 10.7. The molecule has 0 bridgehead atoms. The molecule has 0 aliphatic carbocycles. The molecule has 1 aliphatic heterocycles. The van der Waals surface area contributed by atoms with Gasteiger partial charge in [0.15, 0.2) is 0 Å². The van der Waals surface area contributed by atoms with Crippen molar-refractivity contribution >= 4 is 27.1 Å². The summed E-state index contributed by atoms with van der Waals surface area (Å²) in [5.74, 6) is -0.374. The van der Waals surface area contributed by atoms with Crippen LogP contribution in [-0.4, -0.2) is 55.8 Å². The molecule has 2 aromatic carbocycles. The Morgan fingerprint density at radius 3 is 2.07 bits per heavy atom. The van der Waals surface area contributed by atoms with E-state index in [9.17, 15) is 36.5 Å². The van der Waals surface area contributed by atoms with Crippen molar-refractivity contribution in [2.45, 2.75) is 10.4 Å². The number of carbonyl (C=O) groups excluding carboxylic acids is 1. The molecule has 0 N–H and O–H groups in total. The molecule has 0 atom stereocenters. The Labute approximate surface area is 169 Å². The second-order valence-corrected chi connectivity index (χ2v) is 8.41. The topological polar surface area (TPSA) is 101 Å². The van der Waals surface area contributed by atoms with Gasteiger partial charge >= 0.3 is 5.51 Å². The molecule has 0 saturated carbocycles. The summed E-state index contributed by atoms with van der Waals surface area (Å²) < 4.78 is 62.8. The van der Waals surface area contributed by atoms with E-state index in [0.29, 0.717) is 0 Å². The third-order valence-corrected chi connectivity index (χ3v) is 6.23. The second-order valence-electron chi connectivity index (χ2n) is 6.50. The summed E-state index contributed by atoms with van der Waals surface area (Å²) in [6.45, 7) is 0.554. The van der Waals surface area contributed by atoms with Crippen molar-refractivity contribution in [3.63, 3.8) is 0 Å². The Morgan fingerprint density at radius 2 is 1.53 bits per heavy atom. The van der Waals surface area contributed by atoms with Gasteiger partial charge in [0.25, 0.3) is 21.4 Å². The lowest BCUT2D eigenvalue weighted by molar-refractivity contribution is -0.384. The van der Waals surface area contributed by atoms with Crippen LogP contribution in [0.3, 0.4) is 0 Å². The number of hydrogen-bond acceptors (Lipinski definition) is 6. The van der Waals surface area contributed by atoms with Crippen LogP contribution >= 0.6 is 0 Å². The van der Waals surface area contributed by atoms with Crippen molar-refractivity contribution in [2.24, 2.45) is 0 Å². The summed E-state index contributed by atoms with van der Waals surface area (Å²) in [6.07, 6.45) is 0. The van der Waals surface area contributed by atoms with Gasteiger partial charge in [0.2, 0.25) is 0 Å². The van der Waals surface area contributed by atoms with Crippen molar-refractivity contribution in [1.82, 2.24) is 4.90 Å². The van der Waals surface area contributed by atoms with E-state index in [1.54, 1.807) is 0 Å². The Kier molecular flexibility index (Phi) is 5.70. The van der Waals surface area contributed by atoms with Crippen molar-refractivity contribution in [2.75, 3.05) is 31.1 Å². The number of rotatable bonds is 4.